The second-order valence-electron chi connectivity index (χ2n) is 14.9. The van der Waals surface area contributed by atoms with Gasteiger partial charge >= 0.3 is 5.97 Å². The molecule has 246 valence electrons. The van der Waals surface area contributed by atoms with Crippen LogP contribution in [0.25, 0.3) is 0 Å². The number of carbonyl (C=O) groups is 2. The third kappa shape index (κ3) is 11.9. The zero-order valence-electron chi connectivity index (χ0n) is 29.2. The predicted molar refractivity (Wildman–Crippen MR) is 184 cm³/mol. The van der Waals surface area contributed by atoms with Crippen molar-refractivity contribution in [1.29, 1.82) is 0 Å². The van der Waals surface area contributed by atoms with E-state index in [0.29, 0.717) is 32.4 Å². The van der Waals surface area contributed by atoms with Crippen LogP contribution in [0.3, 0.4) is 0 Å². The number of hydroxylamine groups is 2. The van der Waals surface area contributed by atoms with Crippen LogP contribution >= 0.6 is 0 Å². The molecule has 0 aliphatic carbocycles. The number of ether oxygens (including phenoxy) is 1. The lowest BCUT2D eigenvalue weighted by Gasteiger charge is -2.46. The fraction of sp³-hybridized carbons (Fsp3) is 0.600. The van der Waals surface area contributed by atoms with Crippen LogP contribution in [0.2, 0.25) is 36.3 Å². The SMILES string of the molecule is COC(=O)C[C@@H](CCCCC(=O)N(Cc1ccccc1)Cc1ccccc1)N(O[Si](C)(C)C(C)(C)C)O[Si](C)(C)C(C)(C)C. The van der Waals surface area contributed by atoms with E-state index in [2.05, 4.69) is 92.0 Å². The lowest BCUT2D eigenvalue weighted by molar-refractivity contribution is -0.303. The van der Waals surface area contributed by atoms with Crippen molar-refractivity contribution in [3.8, 4) is 0 Å². The molecule has 0 unspecified atom stereocenters. The molecule has 2 aromatic carbocycles. The Balaban J connectivity index is 2.21. The Kier molecular flexibility index (Phi) is 14.0. The Morgan fingerprint density at radius 2 is 1.16 bits per heavy atom. The van der Waals surface area contributed by atoms with Gasteiger partial charge in [0.2, 0.25) is 22.5 Å². The summed E-state index contributed by atoms with van der Waals surface area (Å²) in [6.45, 7) is 23.1. The van der Waals surface area contributed by atoms with Gasteiger partial charge in [-0.3, -0.25) is 9.59 Å². The van der Waals surface area contributed by atoms with Crippen LogP contribution in [0.5, 0.6) is 0 Å². The van der Waals surface area contributed by atoms with Gasteiger partial charge in [0.15, 0.2) is 0 Å². The minimum Gasteiger partial charge on any atom is -0.469 e. The molecule has 9 heteroatoms. The number of benzene rings is 2. The van der Waals surface area contributed by atoms with Crippen molar-refractivity contribution in [3.63, 3.8) is 0 Å². The number of methoxy groups -OCH3 is 1. The first-order chi connectivity index (χ1) is 20.4. The maximum Gasteiger partial charge on any atom is 0.307 e. The Morgan fingerprint density at radius 1 is 0.727 bits per heavy atom. The van der Waals surface area contributed by atoms with Crippen LogP contribution in [0.15, 0.2) is 60.7 Å². The van der Waals surface area contributed by atoms with Crippen molar-refractivity contribution in [3.05, 3.63) is 71.8 Å². The van der Waals surface area contributed by atoms with Crippen molar-refractivity contribution >= 4 is 28.5 Å². The van der Waals surface area contributed by atoms with Crippen LogP contribution in [-0.4, -0.2) is 51.8 Å². The minimum absolute atomic E-state index is 0.0504. The zero-order chi connectivity index (χ0) is 33.2. The van der Waals surface area contributed by atoms with E-state index in [4.69, 9.17) is 13.8 Å². The highest BCUT2D eigenvalue weighted by atomic mass is 28.4. The molecule has 0 N–H and O–H groups in total. The molecule has 0 aliphatic heterocycles. The van der Waals surface area contributed by atoms with E-state index in [1.54, 1.807) is 5.23 Å². The first-order valence-corrected chi connectivity index (χ1v) is 21.8. The van der Waals surface area contributed by atoms with Gasteiger partial charge in [0.1, 0.15) is 0 Å². The van der Waals surface area contributed by atoms with E-state index in [-0.39, 0.29) is 34.4 Å². The van der Waals surface area contributed by atoms with Gasteiger partial charge in [-0.25, -0.2) is 0 Å². The normalized spacial score (nSPS) is 13.5. The van der Waals surface area contributed by atoms with E-state index in [1.807, 2.05) is 41.3 Å². The summed E-state index contributed by atoms with van der Waals surface area (Å²) in [5.74, 6) is -0.181. The number of amides is 1. The smallest absolute Gasteiger partial charge is 0.307 e. The van der Waals surface area contributed by atoms with Gasteiger partial charge in [0.05, 0.1) is 19.6 Å². The van der Waals surface area contributed by atoms with Gasteiger partial charge < -0.3 is 18.7 Å². The summed E-state index contributed by atoms with van der Waals surface area (Å²) in [6, 6.07) is 19.9. The summed E-state index contributed by atoms with van der Waals surface area (Å²) < 4.78 is 18.7. The summed E-state index contributed by atoms with van der Waals surface area (Å²) in [6.07, 6.45) is 2.67. The third-order valence-corrected chi connectivity index (χ3v) is 17.6. The molecule has 1 atom stereocenters. The number of unbranched alkanes of at least 4 members (excludes halogenated alkanes) is 1. The van der Waals surface area contributed by atoms with Crippen molar-refractivity contribution in [2.24, 2.45) is 0 Å². The standard InChI is InChI=1S/C35H58N2O5Si2/c1-34(2,3)43(8,9)41-37(42-44(10,11)35(4,5)6)31(26-33(39)40-7)24-18-19-25-32(38)36(27-29-20-14-12-15-21-29)28-30-22-16-13-17-23-30/h12-17,20-23,31H,18-19,24-28H2,1-11H3/t31-/m1/s1. The second-order valence-corrected chi connectivity index (χ2v) is 24.3. The quantitative estimate of drug-likeness (QED) is 0.0789. The van der Waals surface area contributed by atoms with Crippen molar-refractivity contribution < 1.29 is 23.4 Å². The van der Waals surface area contributed by atoms with Crippen LogP contribution in [0, 0.1) is 0 Å². The molecule has 0 fully saturated rings. The Hall–Kier alpha value is -2.31. The number of carbonyl (C=O) groups excluding carboxylic acids is 2. The van der Waals surface area contributed by atoms with Crippen LogP contribution in [-0.2, 0) is 36.5 Å². The molecule has 0 saturated carbocycles. The molecule has 1 amide bonds. The molecule has 44 heavy (non-hydrogen) atoms. The maximum atomic E-state index is 13.6. The average Bonchev–Trinajstić information content (AvgIpc) is 2.93. The molecule has 2 aromatic rings. The lowest BCUT2D eigenvalue weighted by Crippen LogP contribution is -2.55. The number of esters is 1. The molecule has 0 aliphatic rings. The highest BCUT2D eigenvalue weighted by molar-refractivity contribution is 6.74. The van der Waals surface area contributed by atoms with Gasteiger partial charge in [0, 0.05) is 19.5 Å². The lowest BCUT2D eigenvalue weighted by atomic mass is 10.1. The largest absolute Gasteiger partial charge is 0.469 e. The highest BCUT2D eigenvalue weighted by Crippen LogP contribution is 2.41. The highest BCUT2D eigenvalue weighted by Gasteiger charge is 2.46. The zero-order valence-corrected chi connectivity index (χ0v) is 31.2. The van der Waals surface area contributed by atoms with Gasteiger partial charge in [-0.15, -0.1) is 0 Å². The molecular formula is C35H58N2O5Si2. The number of hydrogen-bond donors (Lipinski definition) is 0. The summed E-state index contributed by atoms with van der Waals surface area (Å²) >= 11 is 0. The Labute approximate surface area is 269 Å². The molecule has 0 bridgehead atoms. The number of hydrogen-bond acceptors (Lipinski definition) is 6. The van der Waals surface area contributed by atoms with E-state index >= 15 is 0 Å². The second kappa shape index (κ2) is 16.3. The molecule has 0 aromatic heterocycles. The molecule has 0 radical (unpaired) electrons. The number of rotatable bonds is 16. The molecule has 0 spiro atoms. The average molecular weight is 643 g/mol. The van der Waals surface area contributed by atoms with Gasteiger partial charge in [-0.2, -0.15) is 0 Å². The summed E-state index contributed by atoms with van der Waals surface area (Å²) in [7, 11) is -3.17. The molecule has 0 saturated heterocycles. The van der Waals surface area contributed by atoms with E-state index in [0.717, 1.165) is 17.5 Å². The van der Waals surface area contributed by atoms with Crippen LogP contribution in [0.4, 0.5) is 0 Å². The van der Waals surface area contributed by atoms with Crippen LogP contribution < -0.4 is 0 Å². The van der Waals surface area contributed by atoms with Gasteiger partial charge in [0.25, 0.3) is 0 Å². The first kappa shape index (κ1) is 37.9. The summed E-state index contributed by atoms with van der Waals surface area (Å²) in [4.78, 5) is 28.1. The topological polar surface area (TPSA) is 68.3 Å². The van der Waals surface area contributed by atoms with Crippen LogP contribution in [0.1, 0.15) is 84.8 Å². The maximum absolute atomic E-state index is 13.6. The fourth-order valence-electron chi connectivity index (χ4n) is 4.10. The summed E-state index contributed by atoms with van der Waals surface area (Å²) in [5, 5.41) is 1.58. The molecule has 7 nitrogen and oxygen atoms in total. The predicted octanol–water partition coefficient (Wildman–Crippen LogP) is 8.88. The van der Waals surface area contributed by atoms with Gasteiger partial charge in [-0.1, -0.05) is 114 Å². The number of nitrogens with zero attached hydrogens (tertiary/aromatic N) is 2. The van der Waals surface area contributed by atoms with E-state index in [1.165, 1.54) is 7.11 Å². The molecule has 2 rings (SSSR count). The van der Waals surface area contributed by atoms with E-state index in [9.17, 15) is 9.59 Å². The van der Waals surface area contributed by atoms with Crippen molar-refractivity contribution in [2.75, 3.05) is 7.11 Å². The van der Waals surface area contributed by atoms with E-state index < -0.39 is 16.6 Å². The summed E-state index contributed by atoms with van der Waals surface area (Å²) in [5.41, 5.74) is 2.22. The molecular weight excluding hydrogens is 585 g/mol. The molecule has 0 heterocycles. The monoisotopic (exact) mass is 642 g/mol. The fourth-order valence-corrected chi connectivity index (χ4v) is 6.00. The first-order valence-electron chi connectivity index (χ1n) is 16.0. The van der Waals surface area contributed by atoms with Crippen molar-refractivity contribution in [1.82, 2.24) is 10.1 Å². The third-order valence-electron chi connectivity index (χ3n) is 9.14. The minimum atomic E-state index is -2.30. The van der Waals surface area contributed by atoms with Crippen molar-refractivity contribution in [2.45, 2.75) is 129 Å². The van der Waals surface area contributed by atoms with Gasteiger partial charge in [-0.05, 0) is 60.2 Å². The Morgan fingerprint density at radius 3 is 1.55 bits per heavy atom. The Bertz CT molecular complexity index is 1090.